The van der Waals surface area contributed by atoms with Crippen LogP contribution in [0.1, 0.15) is 0 Å². The van der Waals surface area contributed by atoms with Crippen LogP contribution in [0.25, 0.3) is 17.1 Å². The van der Waals surface area contributed by atoms with Gasteiger partial charge in [0.25, 0.3) is 0 Å². The Morgan fingerprint density at radius 3 is 2.30 bits per heavy atom. The van der Waals surface area contributed by atoms with Crippen molar-refractivity contribution in [3.05, 3.63) is 78.9 Å². The van der Waals surface area contributed by atoms with Crippen LogP contribution in [0.15, 0.2) is 78.2 Å². The molecule has 0 bridgehead atoms. The molecule has 0 aliphatic heterocycles. The Hall–Kier alpha value is -3.39. The summed E-state index contributed by atoms with van der Waals surface area (Å²) in [6, 6.07) is 17.4. The summed E-state index contributed by atoms with van der Waals surface area (Å²) in [7, 11) is 1.63. The van der Waals surface area contributed by atoms with Crippen molar-refractivity contribution in [2.24, 2.45) is 0 Å². The van der Waals surface area contributed by atoms with Crippen LogP contribution in [0.4, 0.5) is 4.39 Å². The van der Waals surface area contributed by atoms with Gasteiger partial charge in [0.1, 0.15) is 17.3 Å². The van der Waals surface area contributed by atoms with Gasteiger partial charge < -0.3 is 9.47 Å². The third-order valence-electron chi connectivity index (χ3n) is 4.30. The van der Waals surface area contributed by atoms with Crippen molar-refractivity contribution < 1.29 is 13.9 Å². The van der Waals surface area contributed by atoms with E-state index < -0.39 is 0 Å². The van der Waals surface area contributed by atoms with Crippen LogP contribution < -0.4 is 9.47 Å². The van der Waals surface area contributed by atoms with Crippen molar-refractivity contribution in [1.29, 1.82) is 0 Å². The van der Waals surface area contributed by atoms with Crippen molar-refractivity contribution in [3.8, 4) is 28.6 Å². The number of halogens is 1. The fourth-order valence-electron chi connectivity index (χ4n) is 2.84. The Kier molecular flexibility index (Phi) is 6.24. The normalized spacial score (nSPS) is 10.7. The van der Waals surface area contributed by atoms with Gasteiger partial charge in [0.05, 0.1) is 13.7 Å². The highest BCUT2D eigenvalue weighted by Crippen LogP contribution is 2.28. The molecule has 0 unspecified atom stereocenters. The Morgan fingerprint density at radius 2 is 1.60 bits per heavy atom. The van der Waals surface area contributed by atoms with Crippen molar-refractivity contribution in [1.82, 2.24) is 19.7 Å². The molecule has 152 valence electrons. The van der Waals surface area contributed by atoms with Crippen LogP contribution in [-0.2, 0) is 0 Å². The van der Waals surface area contributed by atoms with Gasteiger partial charge in [-0.25, -0.2) is 4.39 Å². The van der Waals surface area contributed by atoms with Crippen molar-refractivity contribution in [3.63, 3.8) is 0 Å². The zero-order valence-corrected chi connectivity index (χ0v) is 17.1. The summed E-state index contributed by atoms with van der Waals surface area (Å²) in [5.41, 5.74) is 1.66. The molecule has 0 amide bonds. The van der Waals surface area contributed by atoms with Crippen LogP contribution in [0.3, 0.4) is 0 Å². The lowest BCUT2D eigenvalue weighted by Gasteiger charge is -2.11. The smallest absolute Gasteiger partial charge is 0.196 e. The van der Waals surface area contributed by atoms with Gasteiger partial charge in [0.2, 0.25) is 0 Å². The Morgan fingerprint density at radius 1 is 0.900 bits per heavy atom. The molecule has 0 radical (unpaired) electrons. The van der Waals surface area contributed by atoms with E-state index in [1.807, 2.05) is 41.0 Å². The minimum absolute atomic E-state index is 0.292. The molecule has 0 aliphatic rings. The molecule has 6 nitrogen and oxygen atoms in total. The summed E-state index contributed by atoms with van der Waals surface area (Å²) >= 11 is 1.52. The maximum atomic E-state index is 13.4. The number of rotatable bonds is 8. The molecule has 0 fully saturated rings. The largest absolute Gasteiger partial charge is 0.497 e. The number of hydrogen-bond donors (Lipinski definition) is 0. The molecule has 2 aromatic carbocycles. The molecule has 0 spiro atoms. The number of methoxy groups -OCH3 is 1. The van der Waals surface area contributed by atoms with E-state index in [9.17, 15) is 4.39 Å². The average Bonchev–Trinajstić information content (AvgIpc) is 3.22. The first kappa shape index (κ1) is 19.9. The minimum Gasteiger partial charge on any atom is -0.497 e. The van der Waals surface area contributed by atoms with E-state index in [1.54, 1.807) is 31.6 Å². The number of thioether (sulfide) groups is 1. The Balaban J connectivity index is 1.51. The second-order valence-corrected chi connectivity index (χ2v) is 7.29. The molecule has 0 N–H and O–H groups in total. The molecular formula is C22H19FN4O2S. The number of ether oxygens (including phenoxy) is 2. The van der Waals surface area contributed by atoms with Gasteiger partial charge >= 0.3 is 0 Å². The van der Waals surface area contributed by atoms with E-state index in [0.29, 0.717) is 23.3 Å². The first-order valence-corrected chi connectivity index (χ1v) is 10.2. The molecule has 30 heavy (non-hydrogen) atoms. The molecule has 2 aromatic heterocycles. The van der Waals surface area contributed by atoms with Crippen LogP contribution in [0, 0.1) is 5.82 Å². The first-order valence-electron chi connectivity index (χ1n) is 9.26. The average molecular weight is 422 g/mol. The first-order chi connectivity index (χ1) is 14.7. The number of pyridine rings is 1. The second-order valence-electron chi connectivity index (χ2n) is 6.23. The maximum absolute atomic E-state index is 13.4. The highest BCUT2D eigenvalue weighted by molar-refractivity contribution is 7.99. The summed E-state index contributed by atoms with van der Waals surface area (Å²) in [5.74, 6) is 2.60. The molecule has 0 aliphatic carbocycles. The summed E-state index contributed by atoms with van der Waals surface area (Å²) in [5, 5.41) is 9.41. The van der Waals surface area contributed by atoms with Crippen LogP contribution in [0.2, 0.25) is 0 Å². The lowest BCUT2D eigenvalue weighted by molar-refractivity contribution is 0.342. The third kappa shape index (κ3) is 4.60. The number of nitrogens with zero attached hydrogens (tertiary/aromatic N) is 4. The number of benzene rings is 2. The molecular weight excluding hydrogens is 403 g/mol. The summed E-state index contributed by atoms with van der Waals surface area (Å²) in [6.45, 7) is 0.498. The van der Waals surface area contributed by atoms with Crippen molar-refractivity contribution in [2.45, 2.75) is 5.16 Å². The zero-order chi connectivity index (χ0) is 20.8. The van der Waals surface area contributed by atoms with Gasteiger partial charge in [-0.15, -0.1) is 10.2 Å². The van der Waals surface area contributed by atoms with E-state index in [1.165, 1.54) is 23.9 Å². The predicted octanol–water partition coefficient (Wildman–Crippen LogP) is 4.65. The Bertz CT molecular complexity index is 1090. The lowest BCUT2D eigenvalue weighted by atomic mass is 10.2. The fraction of sp³-hybridized carbons (Fsp3) is 0.136. The van der Waals surface area contributed by atoms with Crippen LogP contribution in [0.5, 0.6) is 11.5 Å². The van der Waals surface area contributed by atoms with E-state index in [-0.39, 0.29) is 5.82 Å². The van der Waals surface area contributed by atoms with E-state index in [4.69, 9.17) is 9.47 Å². The molecule has 8 heteroatoms. The lowest BCUT2D eigenvalue weighted by Crippen LogP contribution is -2.03. The second kappa shape index (κ2) is 9.41. The standard InChI is InChI=1S/C22H19FN4O2S/c1-28-19-6-8-20(9-7-19)29-14-15-30-22-26-25-21(16-10-12-24-13-11-16)27(22)18-4-2-17(23)3-5-18/h2-13H,14-15H2,1H3. The van der Waals surface area contributed by atoms with E-state index >= 15 is 0 Å². The molecule has 4 rings (SSSR count). The summed E-state index contributed by atoms with van der Waals surface area (Å²) in [6.07, 6.45) is 3.41. The molecule has 0 saturated heterocycles. The quantitative estimate of drug-likeness (QED) is 0.304. The molecule has 4 aromatic rings. The van der Waals surface area contributed by atoms with Gasteiger partial charge in [-0.3, -0.25) is 9.55 Å². The topological polar surface area (TPSA) is 62.1 Å². The number of hydrogen-bond acceptors (Lipinski definition) is 6. The monoisotopic (exact) mass is 422 g/mol. The molecule has 2 heterocycles. The van der Waals surface area contributed by atoms with Crippen LogP contribution >= 0.6 is 11.8 Å². The molecule has 0 atom stereocenters. The summed E-state index contributed by atoms with van der Waals surface area (Å²) in [4.78, 5) is 4.06. The highest BCUT2D eigenvalue weighted by Gasteiger charge is 2.16. The Labute approximate surface area is 177 Å². The fourth-order valence-corrected chi connectivity index (χ4v) is 3.61. The SMILES string of the molecule is COc1ccc(OCCSc2nnc(-c3ccncc3)n2-c2ccc(F)cc2)cc1. The van der Waals surface area contributed by atoms with Gasteiger partial charge in [-0.1, -0.05) is 11.8 Å². The predicted molar refractivity (Wildman–Crippen MR) is 114 cm³/mol. The highest BCUT2D eigenvalue weighted by atomic mass is 32.2. The van der Waals surface area contributed by atoms with Crippen LogP contribution in [-0.4, -0.2) is 39.2 Å². The van der Waals surface area contributed by atoms with Gasteiger partial charge in [-0.05, 0) is 60.7 Å². The van der Waals surface area contributed by atoms with Gasteiger partial charge in [0, 0.05) is 29.4 Å². The maximum Gasteiger partial charge on any atom is 0.196 e. The van der Waals surface area contributed by atoms with Crippen molar-refractivity contribution in [2.75, 3.05) is 19.5 Å². The van der Waals surface area contributed by atoms with E-state index in [2.05, 4.69) is 15.2 Å². The van der Waals surface area contributed by atoms with Gasteiger partial charge in [-0.2, -0.15) is 0 Å². The third-order valence-corrected chi connectivity index (χ3v) is 5.19. The van der Waals surface area contributed by atoms with Crippen molar-refractivity contribution >= 4 is 11.8 Å². The van der Waals surface area contributed by atoms with Gasteiger partial charge in [0.15, 0.2) is 11.0 Å². The summed E-state index contributed by atoms with van der Waals surface area (Å²) < 4.78 is 26.3. The van der Waals surface area contributed by atoms with E-state index in [0.717, 1.165) is 22.7 Å². The zero-order valence-electron chi connectivity index (χ0n) is 16.2. The number of aromatic nitrogens is 4. The molecule has 0 saturated carbocycles. The minimum atomic E-state index is -0.292.